The van der Waals surface area contributed by atoms with E-state index in [0.717, 1.165) is 30.1 Å². The summed E-state index contributed by atoms with van der Waals surface area (Å²) >= 11 is 0. The molecule has 5 nitrogen and oxygen atoms in total. The molecule has 1 aliphatic heterocycles. The summed E-state index contributed by atoms with van der Waals surface area (Å²) in [6.45, 7) is 5.62. The van der Waals surface area contributed by atoms with Gasteiger partial charge in [-0.3, -0.25) is 4.79 Å². The lowest BCUT2D eigenvalue weighted by Gasteiger charge is -2.23. The van der Waals surface area contributed by atoms with E-state index in [-0.39, 0.29) is 18.1 Å². The molecule has 0 spiro atoms. The van der Waals surface area contributed by atoms with Crippen LogP contribution in [0.15, 0.2) is 18.2 Å². The van der Waals surface area contributed by atoms with Crippen molar-refractivity contribution in [2.75, 3.05) is 25.6 Å². The maximum atomic E-state index is 11.3. The zero-order chi connectivity index (χ0) is 13.9. The number of carbonyl (C=O) groups is 1. The molecule has 0 bridgehead atoms. The van der Waals surface area contributed by atoms with E-state index in [4.69, 9.17) is 9.47 Å². The van der Waals surface area contributed by atoms with E-state index in [0.29, 0.717) is 0 Å². The van der Waals surface area contributed by atoms with Crippen LogP contribution in [0.25, 0.3) is 0 Å². The van der Waals surface area contributed by atoms with E-state index in [9.17, 15) is 4.79 Å². The minimum Gasteiger partial charge on any atom is -0.482 e. The first-order valence-corrected chi connectivity index (χ1v) is 6.32. The van der Waals surface area contributed by atoms with E-state index >= 15 is 0 Å². The van der Waals surface area contributed by atoms with E-state index < -0.39 is 0 Å². The number of hydrogen-bond donors (Lipinski definition) is 2. The molecule has 1 aromatic rings. The standard InChI is InChI=1S/C14H20N2O3/c1-14(2,18-3)9-15-7-10-4-5-12-11(6-10)16-13(17)8-19-12/h4-6,15H,7-9H2,1-3H3,(H,16,17). The minimum atomic E-state index is -0.189. The Morgan fingerprint density at radius 3 is 3.00 bits per heavy atom. The van der Waals surface area contributed by atoms with Crippen LogP contribution >= 0.6 is 0 Å². The van der Waals surface area contributed by atoms with E-state index in [1.807, 2.05) is 32.0 Å². The summed E-state index contributed by atoms with van der Waals surface area (Å²) in [7, 11) is 1.70. The van der Waals surface area contributed by atoms with Crippen molar-refractivity contribution in [1.29, 1.82) is 0 Å². The zero-order valence-corrected chi connectivity index (χ0v) is 11.6. The molecule has 1 aromatic carbocycles. The van der Waals surface area contributed by atoms with Crippen molar-refractivity contribution in [1.82, 2.24) is 5.32 Å². The lowest BCUT2D eigenvalue weighted by molar-refractivity contribution is -0.118. The van der Waals surface area contributed by atoms with Gasteiger partial charge in [0.25, 0.3) is 5.91 Å². The van der Waals surface area contributed by atoms with Crippen molar-refractivity contribution in [3.05, 3.63) is 23.8 Å². The Labute approximate surface area is 113 Å². The third-order valence-electron chi connectivity index (χ3n) is 3.11. The largest absolute Gasteiger partial charge is 0.482 e. The second-order valence-electron chi connectivity index (χ2n) is 5.23. The molecule has 0 aliphatic carbocycles. The van der Waals surface area contributed by atoms with Crippen LogP contribution in [-0.2, 0) is 16.1 Å². The van der Waals surface area contributed by atoms with Crippen molar-refractivity contribution < 1.29 is 14.3 Å². The molecule has 1 amide bonds. The van der Waals surface area contributed by atoms with Gasteiger partial charge >= 0.3 is 0 Å². The molecule has 1 aliphatic rings. The van der Waals surface area contributed by atoms with Gasteiger partial charge in [-0.25, -0.2) is 0 Å². The highest BCUT2D eigenvalue weighted by Crippen LogP contribution is 2.28. The Balaban J connectivity index is 1.95. The quantitative estimate of drug-likeness (QED) is 0.847. The van der Waals surface area contributed by atoms with E-state index in [1.54, 1.807) is 7.11 Å². The van der Waals surface area contributed by atoms with Crippen molar-refractivity contribution >= 4 is 11.6 Å². The number of anilines is 1. The van der Waals surface area contributed by atoms with Gasteiger partial charge in [-0.05, 0) is 31.5 Å². The van der Waals surface area contributed by atoms with Gasteiger partial charge in [-0.2, -0.15) is 0 Å². The second kappa shape index (κ2) is 5.59. The summed E-state index contributed by atoms with van der Waals surface area (Å²) in [5.74, 6) is 0.610. The van der Waals surface area contributed by atoms with E-state index in [2.05, 4.69) is 10.6 Å². The van der Waals surface area contributed by atoms with Crippen molar-refractivity contribution in [3.8, 4) is 5.75 Å². The first-order valence-electron chi connectivity index (χ1n) is 6.32. The number of nitrogens with one attached hydrogen (secondary N) is 2. The van der Waals surface area contributed by atoms with Crippen LogP contribution in [0.3, 0.4) is 0 Å². The van der Waals surface area contributed by atoms with Crippen LogP contribution in [-0.4, -0.2) is 31.8 Å². The van der Waals surface area contributed by atoms with Gasteiger partial charge in [0, 0.05) is 20.2 Å². The smallest absolute Gasteiger partial charge is 0.262 e. The second-order valence-corrected chi connectivity index (χ2v) is 5.23. The molecule has 2 rings (SSSR count). The summed E-state index contributed by atoms with van der Waals surface area (Å²) in [6, 6.07) is 5.80. The first kappa shape index (κ1) is 13.8. The summed E-state index contributed by atoms with van der Waals surface area (Å²) in [5, 5.41) is 6.13. The zero-order valence-electron chi connectivity index (χ0n) is 11.6. The topological polar surface area (TPSA) is 59.6 Å². The third kappa shape index (κ3) is 3.68. The fraction of sp³-hybridized carbons (Fsp3) is 0.500. The van der Waals surface area contributed by atoms with Crippen LogP contribution in [0.5, 0.6) is 5.75 Å². The fourth-order valence-corrected chi connectivity index (χ4v) is 1.82. The Kier molecular flexibility index (Phi) is 4.07. The highest BCUT2D eigenvalue weighted by atomic mass is 16.5. The molecule has 0 saturated heterocycles. The number of ether oxygens (including phenoxy) is 2. The molecule has 5 heteroatoms. The number of methoxy groups -OCH3 is 1. The van der Waals surface area contributed by atoms with Crippen molar-refractivity contribution in [3.63, 3.8) is 0 Å². The molecule has 19 heavy (non-hydrogen) atoms. The minimum absolute atomic E-state index is 0.0899. The van der Waals surface area contributed by atoms with Gasteiger partial charge in [0.2, 0.25) is 0 Å². The molecule has 0 atom stereocenters. The van der Waals surface area contributed by atoms with Crippen LogP contribution in [0, 0.1) is 0 Å². The first-order chi connectivity index (χ1) is 9.00. The highest BCUT2D eigenvalue weighted by Gasteiger charge is 2.17. The molecule has 0 saturated carbocycles. The maximum absolute atomic E-state index is 11.3. The van der Waals surface area contributed by atoms with Crippen LogP contribution in [0.1, 0.15) is 19.4 Å². The van der Waals surface area contributed by atoms with Gasteiger partial charge in [0.1, 0.15) is 5.75 Å². The SMILES string of the molecule is COC(C)(C)CNCc1ccc2c(c1)NC(=O)CO2. The summed E-state index contributed by atoms with van der Waals surface area (Å²) in [5.41, 5.74) is 1.64. The van der Waals surface area contributed by atoms with Crippen LogP contribution in [0.4, 0.5) is 5.69 Å². The van der Waals surface area contributed by atoms with Crippen molar-refractivity contribution in [2.24, 2.45) is 0 Å². The number of rotatable bonds is 5. The molecule has 2 N–H and O–H groups in total. The average molecular weight is 264 g/mol. The fourth-order valence-electron chi connectivity index (χ4n) is 1.82. The molecular formula is C14H20N2O3. The normalized spacial score (nSPS) is 14.6. The predicted molar refractivity (Wildman–Crippen MR) is 73.4 cm³/mol. The summed E-state index contributed by atoms with van der Waals surface area (Å²) in [6.07, 6.45) is 0. The molecule has 104 valence electrons. The van der Waals surface area contributed by atoms with Gasteiger partial charge in [0.15, 0.2) is 6.61 Å². The Morgan fingerprint density at radius 2 is 2.26 bits per heavy atom. The van der Waals surface area contributed by atoms with Gasteiger partial charge < -0.3 is 20.1 Å². The molecular weight excluding hydrogens is 244 g/mol. The van der Waals surface area contributed by atoms with Crippen molar-refractivity contribution in [2.45, 2.75) is 26.0 Å². The number of benzene rings is 1. The Bertz CT molecular complexity index is 472. The number of amides is 1. The maximum Gasteiger partial charge on any atom is 0.262 e. The van der Waals surface area contributed by atoms with Gasteiger partial charge in [-0.15, -0.1) is 0 Å². The molecule has 1 heterocycles. The average Bonchev–Trinajstić information content (AvgIpc) is 2.38. The summed E-state index contributed by atoms with van der Waals surface area (Å²) in [4.78, 5) is 11.3. The van der Waals surface area contributed by atoms with Gasteiger partial charge in [-0.1, -0.05) is 6.07 Å². The summed E-state index contributed by atoms with van der Waals surface area (Å²) < 4.78 is 10.7. The Morgan fingerprint density at radius 1 is 1.47 bits per heavy atom. The monoisotopic (exact) mass is 264 g/mol. The molecule has 0 radical (unpaired) electrons. The molecule has 0 aromatic heterocycles. The lowest BCUT2D eigenvalue weighted by atomic mass is 10.1. The van der Waals surface area contributed by atoms with Gasteiger partial charge in [0.05, 0.1) is 11.3 Å². The lowest BCUT2D eigenvalue weighted by Crippen LogP contribution is -2.36. The highest BCUT2D eigenvalue weighted by molar-refractivity contribution is 5.95. The number of carbonyl (C=O) groups excluding carboxylic acids is 1. The van der Waals surface area contributed by atoms with Crippen LogP contribution in [0.2, 0.25) is 0 Å². The Hall–Kier alpha value is -1.59. The number of hydrogen-bond acceptors (Lipinski definition) is 4. The predicted octanol–water partition coefficient (Wildman–Crippen LogP) is 1.53. The third-order valence-corrected chi connectivity index (χ3v) is 3.11. The molecule has 0 unspecified atom stereocenters. The van der Waals surface area contributed by atoms with Crippen LogP contribution < -0.4 is 15.4 Å². The molecule has 0 fully saturated rings. The van der Waals surface area contributed by atoms with E-state index in [1.165, 1.54) is 0 Å². The number of fused-ring (bicyclic) bond motifs is 1.